The first-order valence-electron chi connectivity index (χ1n) is 13.7. The van der Waals surface area contributed by atoms with Gasteiger partial charge in [-0.25, -0.2) is 12.8 Å². The molecular formula is C31H35BrFN3O4S. The molecule has 1 N–H and O–H groups in total. The lowest BCUT2D eigenvalue weighted by Gasteiger charge is -2.33. The van der Waals surface area contributed by atoms with Gasteiger partial charge < -0.3 is 10.2 Å². The van der Waals surface area contributed by atoms with Crippen LogP contribution in [0, 0.1) is 12.7 Å². The molecule has 1 atom stereocenters. The number of carbonyl (C=O) groups is 2. The molecule has 41 heavy (non-hydrogen) atoms. The average Bonchev–Trinajstić information content (AvgIpc) is 2.95. The summed E-state index contributed by atoms with van der Waals surface area (Å²) in [6, 6.07) is 17.8. The summed E-state index contributed by atoms with van der Waals surface area (Å²) in [4.78, 5) is 28.8. The summed E-state index contributed by atoms with van der Waals surface area (Å²) in [5.41, 5.74) is 1.80. The second-order valence-electron chi connectivity index (χ2n) is 10.5. The number of carbonyl (C=O) groups excluding carboxylic acids is 2. The van der Waals surface area contributed by atoms with Crippen molar-refractivity contribution in [2.24, 2.45) is 0 Å². The number of amides is 2. The van der Waals surface area contributed by atoms with E-state index in [0.717, 1.165) is 64.1 Å². The smallest absolute Gasteiger partial charge is 0.264 e. The molecule has 0 bridgehead atoms. The zero-order valence-corrected chi connectivity index (χ0v) is 25.6. The zero-order chi connectivity index (χ0) is 29.6. The highest BCUT2D eigenvalue weighted by atomic mass is 79.9. The molecule has 0 aliphatic heterocycles. The number of nitrogens with zero attached hydrogens (tertiary/aromatic N) is 2. The minimum absolute atomic E-state index is 0.00172. The monoisotopic (exact) mass is 643 g/mol. The van der Waals surface area contributed by atoms with E-state index in [1.54, 1.807) is 19.1 Å². The Kier molecular flexibility index (Phi) is 10.2. The Morgan fingerprint density at radius 3 is 2.29 bits per heavy atom. The first kappa shape index (κ1) is 30.7. The number of benzene rings is 3. The number of hydrogen-bond acceptors (Lipinski definition) is 4. The van der Waals surface area contributed by atoms with Gasteiger partial charge in [0, 0.05) is 17.1 Å². The summed E-state index contributed by atoms with van der Waals surface area (Å²) in [6.07, 6.45) is 5.02. The molecule has 0 radical (unpaired) electrons. The van der Waals surface area contributed by atoms with Crippen molar-refractivity contribution in [1.29, 1.82) is 0 Å². The first-order valence-corrected chi connectivity index (χ1v) is 16.0. The van der Waals surface area contributed by atoms with Crippen molar-refractivity contribution in [3.05, 3.63) is 94.2 Å². The molecule has 218 valence electrons. The predicted molar refractivity (Wildman–Crippen MR) is 161 cm³/mol. The van der Waals surface area contributed by atoms with Crippen LogP contribution in [0.15, 0.2) is 82.2 Å². The molecule has 4 rings (SSSR count). The largest absolute Gasteiger partial charge is 0.352 e. The lowest BCUT2D eigenvalue weighted by molar-refractivity contribution is -0.139. The standard InChI is InChI=1S/C31H35BrFN3O4S/c1-22-11-17-29(18-12-22)41(39,40)36(28-15-13-26(33)14-16-28)21-30(37)35(20-24-7-6-8-25(32)19-24)23(2)31(38)34-27-9-4-3-5-10-27/h6-8,11-19,23,27H,3-5,9-10,20-21H2,1-2H3,(H,34,38). The van der Waals surface area contributed by atoms with Gasteiger partial charge in [0.25, 0.3) is 10.0 Å². The van der Waals surface area contributed by atoms with Gasteiger partial charge in [-0.05, 0) is 80.8 Å². The minimum Gasteiger partial charge on any atom is -0.352 e. The molecule has 1 saturated carbocycles. The summed E-state index contributed by atoms with van der Waals surface area (Å²) in [5, 5.41) is 3.09. The SMILES string of the molecule is Cc1ccc(S(=O)(=O)N(CC(=O)N(Cc2cccc(Br)c2)C(C)C(=O)NC2CCCCC2)c2ccc(F)cc2)cc1. The molecule has 0 aromatic heterocycles. The predicted octanol–water partition coefficient (Wildman–Crippen LogP) is 5.96. The van der Waals surface area contributed by atoms with Crippen LogP contribution in [0.5, 0.6) is 0 Å². The fourth-order valence-electron chi connectivity index (χ4n) is 4.96. The first-order chi connectivity index (χ1) is 19.5. The van der Waals surface area contributed by atoms with Gasteiger partial charge in [-0.3, -0.25) is 13.9 Å². The van der Waals surface area contributed by atoms with E-state index in [1.807, 2.05) is 31.2 Å². The van der Waals surface area contributed by atoms with E-state index < -0.39 is 34.3 Å². The molecule has 2 amide bonds. The van der Waals surface area contributed by atoms with Crippen molar-refractivity contribution in [2.75, 3.05) is 10.8 Å². The van der Waals surface area contributed by atoms with E-state index in [9.17, 15) is 22.4 Å². The molecule has 0 heterocycles. The van der Waals surface area contributed by atoms with E-state index in [0.29, 0.717) is 0 Å². The van der Waals surface area contributed by atoms with E-state index in [2.05, 4.69) is 21.2 Å². The molecule has 1 fully saturated rings. The molecule has 0 spiro atoms. The molecule has 1 unspecified atom stereocenters. The summed E-state index contributed by atoms with van der Waals surface area (Å²) < 4.78 is 43.2. The summed E-state index contributed by atoms with van der Waals surface area (Å²) >= 11 is 3.45. The van der Waals surface area contributed by atoms with Crippen LogP contribution in [-0.4, -0.2) is 43.8 Å². The number of aryl methyl sites for hydroxylation is 1. The van der Waals surface area contributed by atoms with Crippen LogP contribution in [-0.2, 0) is 26.2 Å². The Morgan fingerprint density at radius 1 is 1.00 bits per heavy atom. The summed E-state index contributed by atoms with van der Waals surface area (Å²) in [5.74, 6) is -1.37. The van der Waals surface area contributed by atoms with E-state index >= 15 is 0 Å². The Balaban J connectivity index is 1.67. The highest BCUT2D eigenvalue weighted by Crippen LogP contribution is 2.26. The fourth-order valence-corrected chi connectivity index (χ4v) is 6.82. The number of nitrogens with one attached hydrogen (secondary N) is 1. The van der Waals surface area contributed by atoms with E-state index in [-0.39, 0.29) is 29.1 Å². The lowest BCUT2D eigenvalue weighted by Crippen LogP contribution is -2.53. The van der Waals surface area contributed by atoms with Crippen molar-refractivity contribution < 1.29 is 22.4 Å². The third-order valence-electron chi connectivity index (χ3n) is 7.36. The van der Waals surface area contributed by atoms with Gasteiger partial charge in [0.2, 0.25) is 11.8 Å². The molecule has 3 aromatic rings. The van der Waals surface area contributed by atoms with Crippen LogP contribution in [0.25, 0.3) is 0 Å². The molecule has 0 saturated heterocycles. The maximum absolute atomic E-state index is 14.0. The second-order valence-corrected chi connectivity index (χ2v) is 13.3. The van der Waals surface area contributed by atoms with Crippen LogP contribution in [0.3, 0.4) is 0 Å². The highest BCUT2D eigenvalue weighted by molar-refractivity contribution is 9.10. The van der Waals surface area contributed by atoms with Crippen molar-refractivity contribution >= 4 is 43.5 Å². The van der Waals surface area contributed by atoms with Crippen LogP contribution < -0.4 is 9.62 Å². The van der Waals surface area contributed by atoms with Gasteiger partial charge in [0.1, 0.15) is 18.4 Å². The maximum atomic E-state index is 14.0. The fraction of sp³-hybridized carbons (Fsp3) is 0.355. The molecule has 7 nitrogen and oxygen atoms in total. The van der Waals surface area contributed by atoms with Crippen molar-refractivity contribution in [2.45, 2.75) is 69.5 Å². The number of hydrogen-bond donors (Lipinski definition) is 1. The molecule has 1 aliphatic rings. The van der Waals surface area contributed by atoms with Gasteiger partial charge in [0.05, 0.1) is 10.6 Å². The van der Waals surface area contributed by atoms with Crippen LogP contribution in [0.2, 0.25) is 0 Å². The Hall–Kier alpha value is -3.24. The van der Waals surface area contributed by atoms with Gasteiger partial charge >= 0.3 is 0 Å². The number of rotatable bonds is 10. The molecule has 10 heteroatoms. The molecule has 1 aliphatic carbocycles. The second kappa shape index (κ2) is 13.6. The Labute approximate surface area is 249 Å². The Morgan fingerprint density at radius 2 is 1.66 bits per heavy atom. The highest BCUT2D eigenvalue weighted by Gasteiger charge is 2.33. The number of halogens is 2. The topological polar surface area (TPSA) is 86.8 Å². The van der Waals surface area contributed by atoms with Crippen LogP contribution >= 0.6 is 15.9 Å². The zero-order valence-electron chi connectivity index (χ0n) is 23.2. The summed E-state index contributed by atoms with van der Waals surface area (Å²) in [7, 11) is -4.21. The average molecular weight is 645 g/mol. The maximum Gasteiger partial charge on any atom is 0.264 e. The molecular weight excluding hydrogens is 609 g/mol. The van der Waals surface area contributed by atoms with Crippen molar-refractivity contribution in [3.63, 3.8) is 0 Å². The number of sulfonamides is 1. The lowest BCUT2D eigenvalue weighted by atomic mass is 9.95. The van der Waals surface area contributed by atoms with Gasteiger partial charge in [-0.15, -0.1) is 0 Å². The van der Waals surface area contributed by atoms with E-state index in [1.165, 1.54) is 29.2 Å². The van der Waals surface area contributed by atoms with Crippen molar-refractivity contribution in [1.82, 2.24) is 10.2 Å². The van der Waals surface area contributed by atoms with Gasteiger partial charge in [-0.1, -0.05) is 65.0 Å². The normalized spacial score (nSPS) is 14.7. The van der Waals surface area contributed by atoms with Crippen LogP contribution in [0.4, 0.5) is 10.1 Å². The third kappa shape index (κ3) is 7.95. The third-order valence-corrected chi connectivity index (χ3v) is 9.64. The van der Waals surface area contributed by atoms with Gasteiger partial charge in [-0.2, -0.15) is 0 Å². The number of anilines is 1. The minimum atomic E-state index is -4.21. The quantitative estimate of drug-likeness (QED) is 0.295. The summed E-state index contributed by atoms with van der Waals surface area (Å²) in [6.45, 7) is 3.03. The van der Waals surface area contributed by atoms with Crippen LogP contribution in [0.1, 0.15) is 50.2 Å². The van der Waals surface area contributed by atoms with E-state index in [4.69, 9.17) is 0 Å². The van der Waals surface area contributed by atoms with Gasteiger partial charge in [0.15, 0.2) is 0 Å². The Bertz CT molecular complexity index is 1460. The molecule has 3 aromatic carbocycles. The van der Waals surface area contributed by atoms with Crippen molar-refractivity contribution in [3.8, 4) is 0 Å².